The van der Waals surface area contributed by atoms with E-state index in [1.807, 2.05) is 0 Å². The van der Waals surface area contributed by atoms with Crippen molar-refractivity contribution in [2.24, 2.45) is 5.73 Å². The van der Waals surface area contributed by atoms with Crippen LogP contribution in [0.5, 0.6) is 0 Å². The van der Waals surface area contributed by atoms with Gasteiger partial charge in [0.05, 0.1) is 6.10 Å². The van der Waals surface area contributed by atoms with E-state index in [-0.39, 0.29) is 0 Å². The minimum absolute atomic E-state index is 0.350. The van der Waals surface area contributed by atoms with E-state index in [0.29, 0.717) is 18.7 Å². The van der Waals surface area contributed by atoms with Crippen LogP contribution >= 0.6 is 0 Å². The topological polar surface area (TPSA) is 41.7 Å². The Morgan fingerprint density at radius 2 is 1.90 bits per heavy atom. The molecule has 0 bridgehead atoms. The van der Waals surface area contributed by atoms with E-state index in [9.17, 15) is 0 Å². The van der Waals surface area contributed by atoms with Crippen molar-refractivity contribution < 1.29 is 4.74 Å². The lowest BCUT2D eigenvalue weighted by Crippen LogP contribution is -2.56. The summed E-state index contributed by atoms with van der Waals surface area (Å²) in [5, 5.41) is 0. The summed E-state index contributed by atoms with van der Waals surface area (Å²) in [6.07, 6.45) is 2.70. The van der Waals surface area contributed by atoms with Gasteiger partial charge >= 0.3 is 0 Å². The van der Waals surface area contributed by atoms with Crippen LogP contribution in [0.15, 0.2) is 30.3 Å². The van der Waals surface area contributed by atoms with Crippen molar-refractivity contribution >= 4 is 5.69 Å². The molecule has 0 radical (unpaired) electrons. The van der Waals surface area contributed by atoms with E-state index in [1.165, 1.54) is 18.5 Å². The van der Waals surface area contributed by atoms with Gasteiger partial charge < -0.3 is 15.4 Å². The molecule has 1 aromatic carbocycles. The molecule has 2 aliphatic heterocycles. The number of hydrogen-bond donors (Lipinski definition) is 1. The quantitative estimate of drug-likeness (QED) is 0.900. The normalized spacial score (nSPS) is 25.9. The zero-order valence-electron chi connectivity index (χ0n) is 12.1. The van der Waals surface area contributed by atoms with Crippen molar-refractivity contribution in [2.75, 3.05) is 44.2 Å². The lowest BCUT2D eigenvalue weighted by molar-refractivity contribution is 0.0250. The van der Waals surface area contributed by atoms with Crippen LogP contribution in [0.25, 0.3) is 0 Å². The van der Waals surface area contributed by atoms with Gasteiger partial charge in [-0.1, -0.05) is 18.2 Å². The molecule has 2 N–H and O–H groups in total. The van der Waals surface area contributed by atoms with Gasteiger partial charge in [0.1, 0.15) is 0 Å². The molecule has 3 rings (SSSR count). The van der Waals surface area contributed by atoms with Crippen LogP contribution in [0, 0.1) is 0 Å². The number of nitrogens with zero attached hydrogens (tertiary/aromatic N) is 2. The van der Waals surface area contributed by atoms with Crippen LogP contribution in [-0.4, -0.2) is 56.4 Å². The van der Waals surface area contributed by atoms with E-state index < -0.39 is 0 Å². The van der Waals surface area contributed by atoms with Gasteiger partial charge in [0.25, 0.3) is 0 Å². The van der Waals surface area contributed by atoms with Gasteiger partial charge in [-0.3, -0.25) is 4.90 Å². The summed E-state index contributed by atoms with van der Waals surface area (Å²) in [4.78, 5) is 4.98. The number of piperazine rings is 1. The first-order chi connectivity index (χ1) is 9.88. The third kappa shape index (κ3) is 2.97. The molecule has 2 saturated heterocycles. The van der Waals surface area contributed by atoms with Crippen molar-refractivity contribution in [3.05, 3.63) is 30.3 Å². The van der Waals surface area contributed by atoms with E-state index in [2.05, 4.69) is 40.1 Å². The Bertz CT molecular complexity index is 397. The molecular weight excluding hydrogens is 250 g/mol. The minimum atomic E-state index is 0.350. The summed E-state index contributed by atoms with van der Waals surface area (Å²) < 4.78 is 5.84. The first-order valence-electron chi connectivity index (χ1n) is 7.74. The standard InChI is InChI=1S/C16H25N3O/c17-13-15(16-7-4-12-20-16)19-10-8-18(9-11-19)14-5-2-1-3-6-14/h1-3,5-6,15-16H,4,7-13,17H2. The average molecular weight is 275 g/mol. The van der Waals surface area contributed by atoms with Crippen molar-refractivity contribution in [2.45, 2.75) is 25.0 Å². The number of nitrogens with two attached hydrogens (primary N) is 1. The van der Waals surface area contributed by atoms with Crippen molar-refractivity contribution in [1.82, 2.24) is 4.90 Å². The molecule has 0 amide bonds. The van der Waals surface area contributed by atoms with E-state index >= 15 is 0 Å². The third-order valence-corrected chi connectivity index (χ3v) is 4.54. The maximum atomic E-state index is 5.99. The lowest BCUT2D eigenvalue weighted by Gasteiger charge is -2.41. The van der Waals surface area contributed by atoms with E-state index in [0.717, 1.165) is 32.8 Å². The van der Waals surface area contributed by atoms with Crippen LogP contribution in [0.2, 0.25) is 0 Å². The first-order valence-corrected chi connectivity index (χ1v) is 7.74. The van der Waals surface area contributed by atoms with Gasteiger partial charge in [0, 0.05) is 51.1 Å². The molecule has 110 valence electrons. The lowest BCUT2D eigenvalue weighted by atomic mass is 10.1. The molecule has 4 heteroatoms. The minimum Gasteiger partial charge on any atom is -0.377 e. The van der Waals surface area contributed by atoms with E-state index in [4.69, 9.17) is 10.5 Å². The first kappa shape index (κ1) is 13.9. The number of para-hydroxylation sites is 1. The summed E-state index contributed by atoms with van der Waals surface area (Å²) >= 11 is 0. The summed E-state index contributed by atoms with van der Waals surface area (Å²) in [6, 6.07) is 11.1. The van der Waals surface area contributed by atoms with Crippen LogP contribution in [-0.2, 0) is 4.74 Å². The second-order valence-electron chi connectivity index (χ2n) is 5.71. The zero-order valence-corrected chi connectivity index (χ0v) is 12.1. The van der Waals surface area contributed by atoms with Crippen LogP contribution in [0.1, 0.15) is 12.8 Å². The van der Waals surface area contributed by atoms with Gasteiger partial charge in [-0.25, -0.2) is 0 Å². The molecule has 0 spiro atoms. The molecular formula is C16H25N3O. The average Bonchev–Trinajstić information content (AvgIpc) is 3.04. The van der Waals surface area contributed by atoms with Crippen molar-refractivity contribution in [3.8, 4) is 0 Å². The van der Waals surface area contributed by atoms with Crippen LogP contribution in [0.3, 0.4) is 0 Å². The maximum Gasteiger partial charge on any atom is 0.0743 e. The fourth-order valence-electron chi connectivity index (χ4n) is 3.39. The van der Waals surface area contributed by atoms with Crippen molar-refractivity contribution in [3.63, 3.8) is 0 Å². The van der Waals surface area contributed by atoms with Gasteiger partial charge in [-0.2, -0.15) is 0 Å². The molecule has 2 fully saturated rings. The second kappa shape index (κ2) is 6.57. The van der Waals surface area contributed by atoms with Gasteiger partial charge in [-0.15, -0.1) is 0 Å². The smallest absolute Gasteiger partial charge is 0.0743 e. The highest BCUT2D eigenvalue weighted by Crippen LogP contribution is 2.22. The molecule has 0 aliphatic carbocycles. The summed E-state index contributed by atoms with van der Waals surface area (Å²) in [5.74, 6) is 0. The van der Waals surface area contributed by atoms with Gasteiger partial charge in [-0.05, 0) is 25.0 Å². The fraction of sp³-hybridized carbons (Fsp3) is 0.625. The Hall–Kier alpha value is -1.10. The molecule has 1 aromatic rings. The zero-order chi connectivity index (χ0) is 13.8. The van der Waals surface area contributed by atoms with Gasteiger partial charge in [0.15, 0.2) is 0 Å². The number of rotatable bonds is 4. The fourth-order valence-corrected chi connectivity index (χ4v) is 3.39. The van der Waals surface area contributed by atoms with E-state index in [1.54, 1.807) is 0 Å². The Labute approximate surface area is 121 Å². The molecule has 2 unspecified atom stereocenters. The largest absolute Gasteiger partial charge is 0.377 e. The Kier molecular flexibility index (Phi) is 4.55. The van der Waals surface area contributed by atoms with Crippen LogP contribution in [0.4, 0.5) is 5.69 Å². The second-order valence-corrected chi connectivity index (χ2v) is 5.71. The Morgan fingerprint density at radius 3 is 2.50 bits per heavy atom. The Morgan fingerprint density at radius 1 is 1.15 bits per heavy atom. The molecule has 0 saturated carbocycles. The number of hydrogen-bond acceptors (Lipinski definition) is 4. The SMILES string of the molecule is NCC(C1CCCO1)N1CCN(c2ccccc2)CC1. The summed E-state index contributed by atoms with van der Waals surface area (Å²) in [6.45, 7) is 5.93. The molecule has 0 aromatic heterocycles. The number of benzene rings is 1. The summed E-state index contributed by atoms with van der Waals surface area (Å²) in [5.41, 5.74) is 7.32. The van der Waals surface area contributed by atoms with Crippen molar-refractivity contribution in [1.29, 1.82) is 0 Å². The Balaban J connectivity index is 1.57. The van der Waals surface area contributed by atoms with Gasteiger partial charge in [0.2, 0.25) is 0 Å². The predicted octanol–water partition coefficient (Wildman–Crippen LogP) is 1.31. The third-order valence-electron chi connectivity index (χ3n) is 4.54. The molecule has 2 heterocycles. The highest BCUT2D eigenvalue weighted by Gasteiger charge is 2.31. The monoisotopic (exact) mass is 275 g/mol. The predicted molar refractivity (Wildman–Crippen MR) is 82.0 cm³/mol. The van der Waals surface area contributed by atoms with Crippen LogP contribution < -0.4 is 10.6 Å². The highest BCUT2D eigenvalue weighted by molar-refractivity contribution is 5.46. The number of ether oxygens (including phenoxy) is 1. The molecule has 4 nitrogen and oxygen atoms in total. The summed E-state index contributed by atoms with van der Waals surface area (Å²) in [7, 11) is 0. The molecule has 2 aliphatic rings. The number of anilines is 1. The molecule has 20 heavy (non-hydrogen) atoms. The maximum absolute atomic E-state index is 5.99. The molecule has 2 atom stereocenters. The highest BCUT2D eigenvalue weighted by atomic mass is 16.5.